The van der Waals surface area contributed by atoms with E-state index in [-0.39, 0.29) is 27.8 Å². The molecular weight excluding hydrogens is 431 g/mol. The Morgan fingerprint density at radius 1 is 0.960 bits per heavy atom. The summed E-state index contributed by atoms with van der Waals surface area (Å²) in [6, 6.07) is 0. The highest BCUT2D eigenvalue weighted by Crippen LogP contribution is 2.45. The van der Waals surface area contributed by atoms with E-state index < -0.39 is 11.2 Å². The van der Waals surface area contributed by atoms with Crippen molar-refractivity contribution in [3.63, 3.8) is 0 Å². The quantitative estimate of drug-likeness (QED) is 0.294. The normalized spacial score (nSPS) is 26.3. The number of rotatable bonds is 9. The molecule has 1 saturated carbocycles. The number of halogens is 1. The van der Waals surface area contributed by atoms with Crippen LogP contribution in [0.2, 0.25) is 0 Å². The number of hydrogen-bond acceptors (Lipinski definition) is 4. The average Bonchev–Trinajstić information content (AvgIpc) is 2.65. The minimum atomic E-state index is -0.750. The maximum Gasteiger partial charge on any atom is 0.319 e. The topological polar surface area (TPSA) is 66.8 Å². The number of alkyl halides is 1. The minimum absolute atomic E-state index is 0.0537. The zero-order chi connectivity index (χ0) is 19.3. The van der Waals surface area contributed by atoms with Gasteiger partial charge in [-0.15, -0.1) is 0 Å². The van der Waals surface area contributed by atoms with Crippen molar-refractivity contribution < 1.29 is 19.7 Å². The highest BCUT2D eigenvalue weighted by atomic mass is 127. The summed E-state index contributed by atoms with van der Waals surface area (Å²) in [5.41, 5.74) is -1.50. The third-order valence-corrected chi connectivity index (χ3v) is 7.92. The van der Waals surface area contributed by atoms with Crippen LogP contribution in [-0.4, -0.2) is 37.4 Å². The smallest absolute Gasteiger partial charge is 0.319 e. The maximum absolute atomic E-state index is 12.3. The molecule has 3 atom stereocenters. The molecule has 0 heterocycles. The summed E-state index contributed by atoms with van der Waals surface area (Å²) < 4.78 is 5.67. The second kappa shape index (κ2) is 9.88. The molecule has 0 spiro atoms. The van der Waals surface area contributed by atoms with Crippen LogP contribution >= 0.6 is 22.6 Å². The highest BCUT2D eigenvalue weighted by Gasteiger charge is 2.46. The Hall–Kier alpha value is 0.120. The molecule has 0 saturated heterocycles. The lowest BCUT2D eigenvalue weighted by Crippen LogP contribution is -2.49. The van der Waals surface area contributed by atoms with E-state index in [1.807, 2.05) is 34.6 Å². The van der Waals surface area contributed by atoms with Crippen LogP contribution in [0.15, 0.2) is 0 Å². The van der Waals surface area contributed by atoms with E-state index >= 15 is 0 Å². The number of carbonyl (C=O) groups excluding carboxylic acids is 1. The zero-order valence-corrected chi connectivity index (χ0v) is 18.7. The van der Waals surface area contributed by atoms with Gasteiger partial charge in [-0.1, -0.05) is 57.2 Å². The zero-order valence-electron chi connectivity index (χ0n) is 16.6. The Labute approximate surface area is 167 Å². The van der Waals surface area contributed by atoms with E-state index in [2.05, 4.69) is 22.6 Å². The van der Waals surface area contributed by atoms with Crippen LogP contribution in [0, 0.1) is 11.8 Å². The fraction of sp³-hybridized carbons (Fsp3) is 0.950. The molecule has 1 fully saturated rings. The monoisotopic (exact) mass is 468 g/mol. The van der Waals surface area contributed by atoms with E-state index in [4.69, 9.17) is 4.74 Å². The fourth-order valence-corrected chi connectivity index (χ4v) is 4.45. The van der Waals surface area contributed by atoms with Crippen LogP contribution in [0.4, 0.5) is 0 Å². The van der Waals surface area contributed by atoms with Gasteiger partial charge >= 0.3 is 5.97 Å². The Balaban J connectivity index is 3.03. The third kappa shape index (κ3) is 5.55. The van der Waals surface area contributed by atoms with Gasteiger partial charge in [-0.2, -0.15) is 0 Å². The predicted molar refractivity (Wildman–Crippen MR) is 110 cm³/mol. The van der Waals surface area contributed by atoms with Gasteiger partial charge in [0.25, 0.3) is 0 Å². The molecule has 2 N–H and O–H groups in total. The lowest BCUT2D eigenvalue weighted by Gasteiger charge is -2.47. The van der Waals surface area contributed by atoms with Gasteiger partial charge in [-0.25, -0.2) is 0 Å². The van der Waals surface area contributed by atoms with E-state index in [1.54, 1.807) is 0 Å². The Kier molecular flexibility index (Phi) is 9.15. The molecule has 3 unspecified atom stereocenters. The van der Waals surface area contributed by atoms with Crippen LogP contribution in [0.1, 0.15) is 86.0 Å². The molecule has 25 heavy (non-hydrogen) atoms. The number of ether oxygens (including phenoxy) is 1. The predicted octanol–water partition coefficient (Wildman–Crippen LogP) is 4.63. The molecule has 4 nitrogen and oxygen atoms in total. The third-order valence-electron chi connectivity index (χ3n) is 6.53. The van der Waals surface area contributed by atoms with Gasteiger partial charge in [0.2, 0.25) is 0 Å². The van der Waals surface area contributed by atoms with Crippen LogP contribution in [0.5, 0.6) is 0 Å². The van der Waals surface area contributed by atoms with E-state index in [0.29, 0.717) is 38.5 Å². The standard InChI is InChI=1S/C20H37IO4/c1-6-17(21)18(22)25-16-12-14(19(23,7-2)8-3)11-15(13-16)20(24,9-4)10-5/h14-17,23-24H,6-13H2,1-5H3. The second-order valence-corrected chi connectivity index (χ2v) is 9.16. The van der Waals surface area contributed by atoms with Gasteiger partial charge in [0.1, 0.15) is 10.0 Å². The lowest BCUT2D eigenvalue weighted by atomic mass is 9.64. The summed E-state index contributed by atoms with van der Waals surface area (Å²) in [7, 11) is 0. The summed E-state index contributed by atoms with van der Waals surface area (Å²) in [4.78, 5) is 12.3. The first-order valence-corrected chi connectivity index (χ1v) is 11.2. The number of esters is 1. The Morgan fingerprint density at radius 3 is 1.68 bits per heavy atom. The molecule has 0 aliphatic heterocycles. The van der Waals surface area contributed by atoms with Crippen molar-refractivity contribution in [3.8, 4) is 0 Å². The van der Waals surface area contributed by atoms with Crippen LogP contribution in [0.3, 0.4) is 0 Å². The first kappa shape index (κ1) is 23.2. The van der Waals surface area contributed by atoms with Crippen molar-refractivity contribution in [1.82, 2.24) is 0 Å². The molecule has 148 valence electrons. The summed E-state index contributed by atoms with van der Waals surface area (Å²) in [6.07, 6.45) is 5.45. The van der Waals surface area contributed by atoms with E-state index in [0.717, 1.165) is 12.8 Å². The first-order valence-electron chi connectivity index (χ1n) is 9.98. The molecular formula is C20H37IO4. The van der Waals surface area contributed by atoms with Crippen molar-refractivity contribution in [2.24, 2.45) is 11.8 Å². The molecule has 0 amide bonds. The number of carbonyl (C=O) groups is 1. The van der Waals surface area contributed by atoms with Crippen molar-refractivity contribution in [2.75, 3.05) is 0 Å². The van der Waals surface area contributed by atoms with Gasteiger partial charge in [0, 0.05) is 0 Å². The van der Waals surface area contributed by atoms with Crippen LogP contribution in [-0.2, 0) is 9.53 Å². The largest absolute Gasteiger partial charge is 0.462 e. The number of hydrogen-bond donors (Lipinski definition) is 2. The molecule has 0 bridgehead atoms. The summed E-state index contributed by atoms with van der Waals surface area (Å²) in [6.45, 7) is 10.0. The SMILES string of the molecule is CCC(I)C(=O)OC1CC(C(O)(CC)CC)CC(C(O)(CC)CC)C1. The minimum Gasteiger partial charge on any atom is -0.462 e. The van der Waals surface area contributed by atoms with Crippen molar-refractivity contribution in [1.29, 1.82) is 0 Å². The van der Waals surface area contributed by atoms with Gasteiger partial charge < -0.3 is 14.9 Å². The molecule has 0 aromatic carbocycles. The molecule has 0 aromatic heterocycles. The lowest BCUT2D eigenvalue weighted by molar-refractivity contribution is -0.161. The fourth-order valence-electron chi connectivity index (χ4n) is 4.30. The van der Waals surface area contributed by atoms with Gasteiger partial charge in [-0.3, -0.25) is 4.79 Å². The van der Waals surface area contributed by atoms with Crippen molar-refractivity contribution >= 4 is 28.6 Å². The Morgan fingerprint density at radius 2 is 1.36 bits per heavy atom. The second-order valence-electron chi connectivity index (χ2n) is 7.66. The average molecular weight is 468 g/mol. The summed E-state index contributed by atoms with van der Waals surface area (Å²) in [5, 5.41) is 22.1. The van der Waals surface area contributed by atoms with Crippen molar-refractivity contribution in [2.45, 2.75) is 107 Å². The van der Waals surface area contributed by atoms with Gasteiger partial charge in [-0.05, 0) is 63.2 Å². The molecule has 5 heteroatoms. The van der Waals surface area contributed by atoms with Crippen LogP contribution in [0.25, 0.3) is 0 Å². The van der Waals surface area contributed by atoms with E-state index in [9.17, 15) is 15.0 Å². The van der Waals surface area contributed by atoms with E-state index in [1.165, 1.54) is 0 Å². The van der Waals surface area contributed by atoms with Crippen LogP contribution < -0.4 is 0 Å². The molecule has 0 aromatic rings. The Bertz CT molecular complexity index is 392. The molecule has 1 aliphatic carbocycles. The molecule has 1 aliphatic rings. The summed E-state index contributed by atoms with van der Waals surface area (Å²) >= 11 is 2.13. The summed E-state index contributed by atoms with van der Waals surface area (Å²) in [5.74, 6) is -0.0588. The van der Waals surface area contributed by atoms with Crippen molar-refractivity contribution in [3.05, 3.63) is 0 Å². The maximum atomic E-state index is 12.3. The number of aliphatic hydroxyl groups is 2. The van der Waals surface area contributed by atoms with Gasteiger partial charge in [0.05, 0.1) is 11.2 Å². The molecule has 1 rings (SSSR count). The van der Waals surface area contributed by atoms with Gasteiger partial charge in [0.15, 0.2) is 0 Å². The highest BCUT2D eigenvalue weighted by molar-refractivity contribution is 14.1. The first-order chi connectivity index (χ1) is 11.7. The molecule has 0 radical (unpaired) electrons.